The Balaban J connectivity index is 3.67. The Hall–Kier alpha value is -1.63. The van der Waals surface area contributed by atoms with Crippen LogP contribution in [0.2, 0.25) is 0 Å². The van der Waals surface area contributed by atoms with E-state index in [0.717, 1.165) is 19.3 Å². The van der Waals surface area contributed by atoms with E-state index in [4.69, 9.17) is 10.4 Å². The Kier molecular flexibility index (Phi) is 14.8. The van der Waals surface area contributed by atoms with Crippen molar-refractivity contribution in [1.29, 1.82) is 0 Å². The van der Waals surface area contributed by atoms with Crippen molar-refractivity contribution in [3.05, 3.63) is 21.6 Å². The molecule has 0 amide bonds. The number of hydrogen-bond acceptors (Lipinski definition) is 5. The maximum atomic E-state index is 10.8. The second-order valence-corrected chi connectivity index (χ2v) is 6.42. The van der Waals surface area contributed by atoms with Crippen molar-refractivity contribution in [1.82, 2.24) is 0 Å². The SMILES string of the molecule is CCCCCCCCCCCCCCCC(OO)=C(C(=O)O)[N+](=O)[O-]. The van der Waals surface area contributed by atoms with Gasteiger partial charge in [-0.2, -0.15) is 0 Å². The Labute approximate surface area is 150 Å². The summed E-state index contributed by atoms with van der Waals surface area (Å²) in [4.78, 5) is 24.3. The average molecular weight is 359 g/mol. The molecule has 0 heterocycles. The summed E-state index contributed by atoms with van der Waals surface area (Å²) in [6.45, 7) is 2.22. The first kappa shape index (κ1) is 23.4. The van der Waals surface area contributed by atoms with Gasteiger partial charge in [0, 0.05) is 6.42 Å². The number of nitrogens with zero attached hydrogens (tertiary/aromatic N) is 1. The van der Waals surface area contributed by atoms with Gasteiger partial charge in [-0.05, 0) is 6.42 Å². The van der Waals surface area contributed by atoms with Crippen LogP contribution in [0.15, 0.2) is 11.5 Å². The third-order valence-corrected chi connectivity index (χ3v) is 4.27. The Morgan fingerprint density at radius 2 is 1.28 bits per heavy atom. The van der Waals surface area contributed by atoms with Gasteiger partial charge in [0.15, 0.2) is 0 Å². The summed E-state index contributed by atoms with van der Waals surface area (Å²) < 4.78 is 0. The lowest BCUT2D eigenvalue weighted by atomic mass is 10.0. The Morgan fingerprint density at radius 3 is 1.60 bits per heavy atom. The zero-order chi connectivity index (χ0) is 18.9. The van der Waals surface area contributed by atoms with Crippen LogP contribution < -0.4 is 0 Å². The van der Waals surface area contributed by atoms with E-state index in [0.29, 0.717) is 6.42 Å². The summed E-state index contributed by atoms with van der Waals surface area (Å²) in [6, 6.07) is 0. The third-order valence-electron chi connectivity index (χ3n) is 4.27. The van der Waals surface area contributed by atoms with E-state index in [2.05, 4.69) is 11.8 Å². The second-order valence-electron chi connectivity index (χ2n) is 6.42. The molecule has 0 aromatic carbocycles. The van der Waals surface area contributed by atoms with Gasteiger partial charge in [0.1, 0.15) is 0 Å². The largest absolute Gasteiger partial charge is 0.473 e. The molecule has 0 bridgehead atoms. The van der Waals surface area contributed by atoms with Crippen molar-refractivity contribution in [2.75, 3.05) is 0 Å². The highest BCUT2D eigenvalue weighted by atomic mass is 17.1. The molecule has 0 aromatic rings. The number of rotatable bonds is 17. The fraction of sp³-hybridized carbons (Fsp3) is 0.833. The van der Waals surface area contributed by atoms with Gasteiger partial charge in [-0.25, -0.2) is 10.1 Å². The van der Waals surface area contributed by atoms with Crippen molar-refractivity contribution in [2.24, 2.45) is 0 Å². The van der Waals surface area contributed by atoms with Crippen LogP contribution >= 0.6 is 0 Å². The molecule has 0 rings (SSSR count). The maximum Gasteiger partial charge on any atom is 0.411 e. The van der Waals surface area contributed by atoms with Crippen molar-refractivity contribution in [3.8, 4) is 0 Å². The number of carboxylic acids is 1. The van der Waals surface area contributed by atoms with Gasteiger partial charge in [-0.1, -0.05) is 84.0 Å². The van der Waals surface area contributed by atoms with Crippen LogP contribution in [-0.4, -0.2) is 21.3 Å². The minimum absolute atomic E-state index is 0.0525. The molecule has 0 radical (unpaired) electrons. The molecule has 2 N–H and O–H groups in total. The van der Waals surface area contributed by atoms with Crippen LogP contribution in [0, 0.1) is 10.1 Å². The van der Waals surface area contributed by atoms with Gasteiger partial charge in [-0.15, -0.1) is 0 Å². The first-order valence-electron chi connectivity index (χ1n) is 9.46. The quantitative estimate of drug-likeness (QED) is 0.0882. The molecule has 0 atom stereocenters. The molecule has 0 aromatic heterocycles. The highest BCUT2D eigenvalue weighted by molar-refractivity contribution is 5.84. The smallest absolute Gasteiger partial charge is 0.411 e. The molecule has 0 saturated carbocycles. The molecule has 0 saturated heterocycles. The number of carbonyl (C=O) groups is 1. The van der Waals surface area contributed by atoms with E-state index >= 15 is 0 Å². The topological polar surface area (TPSA) is 110 Å². The summed E-state index contributed by atoms with van der Waals surface area (Å²) in [7, 11) is 0. The van der Waals surface area contributed by atoms with Crippen LogP contribution in [-0.2, 0) is 9.68 Å². The van der Waals surface area contributed by atoms with Crippen LogP contribution in [0.3, 0.4) is 0 Å². The molecule has 0 fully saturated rings. The standard InChI is InChI=1S/C18H33NO6/c1-2-3-4-5-6-7-8-9-10-11-12-13-14-15-16(25-24)17(18(20)21)19(22)23/h24H,2-15H2,1H3,(H,20,21). The van der Waals surface area contributed by atoms with E-state index in [1.165, 1.54) is 57.8 Å². The molecule has 0 aliphatic rings. The number of hydrogen-bond donors (Lipinski definition) is 2. The van der Waals surface area contributed by atoms with Crippen LogP contribution in [0.25, 0.3) is 0 Å². The molecule has 0 unspecified atom stereocenters. The molecule has 0 spiro atoms. The zero-order valence-corrected chi connectivity index (χ0v) is 15.4. The van der Waals surface area contributed by atoms with E-state index < -0.39 is 22.3 Å². The predicted octanol–water partition coefficient (Wildman–Crippen LogP) is 5.53. The molecular formula is C18H33NO6. The van der Waals surface area contributed by atoms with Crippen molar-refractivity contribution >= 4 is 5.97 Å². The number of unbranched alkanes of at least 4 members (excludes halogenated alkanes) is 12. The number of carboxylic acid groups (broad SMARTS) is 1. The molecule has 0 aliphatic heterocycles. The lowest BCUT2D eigenvalue weighted by Crippen LogP contribution is -2.14. The molecule has 146 valence electrons. The lowest BCUT2D eigenvalue weighted by Gasteiger charge is -2.04. The normalized spacial score (nSPS) is 11.9. The summed E-state index contributed by atoms with van der Waals surface area (Å²) in [5.41, 5.74) is -1.10. The fourth-order valence-electron chi connectivity index (χ4n) is 2.81. The van der Waals surface area contributed by atoms with Crippen LogP contribution in [0.4, 0.5) is 0 Å². The minimum atomic E-state index is -1.70. The van der Waals surface area contributed by atoms with Gasteiger partial charge in [0.05, 0.1) is 4.92 Å². The molecule has 7 nitrogen and oxygen atoms in total. The highest BCUT2D eigenvalue weighted by Gasteiger charge is 2.28. The monoisotopic (exact) mass is 359 g/mol. The van der Waals surface area contributed by atoms with Gasteiger partial charge in [0.25, 0.3) is 0 Å². The zero-order valence-electron chi connectivity index (χ0n) is 15.4. The first-order chi connectivity index (χ1) is 12.0. The van der Waals surface area contributed by atoms with E-state index in [1.54, 1.807) is 0 Å². The van der Waals surface area contributed by atoms with E-state index in [-0.39, 0.29) is 6.42 Å². The molecule has 0 aliphatic carbocycles. The van der Waals surface area contributed by atoms with Gasteiger partial charge >= 0.3 is 11.7 Å². The van der Waals surface area contributed by atoms with Crippen LogP contribution in [0.5, 0.6) is 0 Å². The van der Waals surface area contributed by atoms with Gasteiger partial charge in [0.2, 0.25) is 5.76 Å². The van der Waals surface area contributed by atoms with Crippen molar-refractivity contribution < 1.29 is 25.0 Å². The Morgan fingerprint density at radius 1 is 0.880 bits per heavy atom. The highest BCUT2D eigenvalue weighted by Crippen LogP contribution is 2.17. The molecular weight excluding hydrogens is 326 g/mol. The van der Waals surface area contributed by atoms with Crippen LogP contribution in [0.1, 0.15) is 96.8 Å². The molecule has 7 heteroatoms. The summed E-state index contributed by atoms with van der Waals surface area (Å²) >= 11 is 0. The first-order valence-corrected chi connectivity index (χ1v) is 9.46. The maximum absolute atomic E-state index is 10.8. The van der Waals surface area contributed by atoms with Crippen molar-refractivity contribution in [3.63, 3.8) is 0 Å². The van der Waals surface area contributed by atoms with E-state index in [1.807, 2.05) is 0 Å². The third kappa shape index (κ3) is 12.4. The lowest BCUT2D eigenvalue weighted by molar-refractivity contribution is -0.427. The number of aliphatic carboxylic acids is 1. The minimum Gasteiger partial charge on any atom is -0.473 e. The Bertz CT molecular complexity index is 392. The number of nitro groups is 1. The second kappa shape index (κ2) is 15.9. The van der Waals surface area contributed by atoms with Crippen molar-refractivity contribution in [2.45, 2.75) is 96.8 Å². The summed E-state index contributed by atoms with van der Waals surface area (Å²) in [5.74, 6) is -2.19. The summed E-state index contributed by atoms with van der Waals surface area (Å²) in [6.07, 6.45) is 15.2. The summed E-state index contributed by atoms with van der Waals surface area (Å²) in [5, 5.41) is 28.1. The van der Waals surface area contributed by atoms with E-state index in [9.17, 15) is 14.9 Å². The fourth-order valence-corrected chi connectivity index (χ4v) is 2.81. The predicted molar refractivity (Wildman–Crippen MR) is 95.7 cm³/mol. The van der Waals surface area contributed by atoms with Gasteiger partial charge < -0.3 is 9.99 Å². The molecule has 25 heavy (non-hydrogen) atoms. The number of allylic oxidation sites excluding steroid dienone is 1. The average Bonchev–Trinajstić information content (AvgIpc) is 2.57. The van der Waals surface area contributed by atoms with Gasteiger partial charge in [-0.3, -0.25) is 10.1 Å².